The molecule has 6 nitrogen and oxygen atoms in total. The van der Waals surface area contributed by atoms with Gasteiger partial charge in [-0.05, 0) is 34.0 Å². The van der Waals surface area contributed by atoms with Crippen LogP contribution in [0.25, 0.3) is 0 Å². The highest BCUT2D eigenvalue weighted by molar-refractivity contribution is 5.18. The zero-order chi connectivity index (χ0) is 16.4. The summed E-state index contributed by atoms with van der Waals surface area (Å²) >= 11 is 0. The molecule has 0 unspecified atom stereocenters. The SMILES string of the molecule is C=CCC[C@@H](CN(C)CCN(C)C)Oc1cc(OC)ncn1. The molecule has 0 aliphatic carbocycles. The van der Waals surface area contributed by atoms with Crippen molar-refractivity contribution in [2.75, 3.05) is 47.9 Å². The van der Waals surface area contributed by atoms with E-state index in [-0.39, 0.29) is 6.10 Å². The van der Waals surface area contributed by atoms with Gasteiger partial charge in [0.1, 0.15) is 12.4 Å². The number of hydrogen-bond acceptors (Lipinski definition) is 6. The van der Waals surface area contributed by atoms with E-state index in [2.05, 4.69) is 47.5 Å². The van der Waals surface area contributed by atoms with E-state index in [1.165, 1.54) is 6.33 Å². The van der Waals surface area contributed by atoms with Crippen molar-refractivity contribution in [2.24, 2.45) is 0 Å². The van der Waals surface area contributed by atoms with Crippen molar-refractivity contribution in [1.29, 1.82) is 0 Å². The van der Waals surface area contributed by atoms with E-state index in [0.717, 1.165) is 32.5 Å². The standard InChI is InChI=1S/C16H28N4O2/c1-6-7-8-14(12-20(4)10-9-19(2)3)22-16-11-15(21-5)17-13-18-16/h6,11,13-14H,1,7-10,12H2,2-5H3/t14-/m0/s1. The first-order chi connectivity index (χ1) is 10.5. The highest BCUT2D eigenvalue weighted by Gasteiger charge is 2.14. The Kier molecular flexibility index (Phi) is 8.47. The monoisotopic (exact) mass is 308 g/mol. The number of nitrogens with zero attached hydrogens (tertiary/aromatic N) is 4. The molecule has 0 bridgehead atoms. The van der Waals surface area contributed by atoms with Gasteiger partial charge in [-0.15, -0.1) is 6.58 Å². The van der Waals surface area contributed by atoms with E-state index in [0.29, 0.717) is 11.8 Å². The summed E-state index contributed by atoms with van der Waals surface area (Å²) in [4.78, 5) is 12.6. The van der Waals surface area contributed by atoms with Crippen molar-refractivity contribution in [3.8, 4) is 11.8 Å². The van der Waals surface area contributed by atoms with Crippen LogP contribution in [0.3, 0.4) is 0 Å². The Bertz CT molecular complexity index is 440. The van der Waals surface area contributed by atoms with E-state index >= 15 is 0 Å². The van der Waals surface area contributed by atoms with E-state index in [1.54, 1.807) is 13.2 Å². The topological polar surface area (TPSA) is 50.7 Å². The molecular formula is C16H28N4O2. The third kappa shape index (κ3) is 7.38. The molecular weight excluding hydrogens is 280 g/mol. The van der Waals surface area contributed by atoms with Gasteiger partial charge in [-0.3, -0.25) is 0 Å². The number of allylic oxidation sites excluding steroid dienone is 1. The number of methoxy groups -OCH3 is 1. The van der Waals surface area contributed by atoms with Crippen LogP contribution in [0.1, 0.15) is 12.8 Å². The molecule has 22 heavy (non-hydrogen) atoms. The largest absolute Gasteiger partial charge is 0.481 e. The number of likely N-dealkylation sites (N-methyl/N-ethyl adjacent to an activating group) is 2. The summed E-state index contributed by atoms with van der Waals surface area (Å²) in [7, 11) is 7.84. The Morgan fingerprint density at radius 3 is 2.59 bits per heavy atom. The molecule has 0 fully saturated rings. The highest BCUT2D eigenvalue weighted by atomic mass is 16.5. The molecule has 1 aromatic heterocycles. The van der Waals surface area contributed by atoms with Crippen molar-refractivity contribution in [3.05, 3.63) is 25.0 Å². The number of hydrogen-bond donors (Lipinski definition) is 0. The van der Waals surface area contributed by atoms with Gasteiger partial charge in [0, 0.05) is 19.6 Å². The van der Waals surface area contributed by atoms with Crippen molar-refractivity contribution < 1.29 is 9.47 Å². The maximum atomic E-state index is 6.00. The second-order valence-electron chi connectivity index (χ2n) is 5.57. The van der Waals surface area contributed by atoms with Gasteiger partial charge in [-0.1, -0.05) is 6.08 Å². The third-order valence-corrected chi connectivity index (χ3v) is 3.25. The molecule has 0 aliphatic heterocycles. The van der Waals surface area contributed by atoms with Crippen molar-refractivity contribution >= 4 is 0 Å². The molecule has 0 spiro atoms. The Balaban J connectivity index is 2.60. The minimum Gasteiger partial charge on any atom is -0.481 e. The normalized spacial score (nSPS) is 12.5. The van der Waals surface area contributed by atoms with Gasteiger partial charge in [-0.2, -0.15) is 0 Å². The fourth-order valence-electron chi connectivity index (χ4n) is 1.97. The predicted octanol–water partition coefficient (Wildman–Crippen LogP) is 1.69. The molecule has 6 heteroatoms. The molecule has 1 atom stereocenters. The van der Waals surface area contributed by atoms with Crippen LogP contribution >= 0.6 is 0 Å². The predicted molar refractivity (Wildman–Crippen MR) is 88.5 cm³/mol. The lowest BCUT2D eigenvalue weighted by Crippen LogP contribution is -2.37. The summed E-state index contributed by atoms with van der Waals surface area (Å²) in [5.41, 5.74) is 0. The Morgan fingerprint density at radius 2 is 1.95 bits per heavy atom. The fraction of sp³-hybridized carbons (Fsp3) is 0.625. The Labute approximate surface area is 133 Å². The smallest absolute Gasteiger partial charge is 0.220 e. The maximum Gasteiger partial charge on any atom is 0.220 e. The van der Waals surface area contributed by atoms with Gasteiger partial charge in [0.25, 0.3) is 0 Å². The van der Waals surface area contributed by atoms with Crippen LogP contribution in [-0.4, -0.2) is 73.8 Å². The molecule has 1 aromatic rings. The lowest BCUT2D eigenvalue weighted by molar-refractivity contribution is 0.130. The summed E-state index contributed by atoms with van der Waals surface area (Å²) in [5.74, 6) is 1.05. The number of ether oxygens (including phenoxy) is 2. The van der Waals surface area contributed by atoms with Crippen molar-refractivity contribution in [3.63, 3.8) is 0 Å². The summed E-state index contributed by atoms with van der Waals surface area (Å²) in [6.45, 7) is 6.64. The zero-order valence-electron chi connectivity index (χ0n) is 14.2. The van der Waals surface area contributed by atoms with Gasteiger partial charge in [0.15, 0.2) is 0 Å². The average molecular weight is 308 g/mol. The molecule has 0 saturated carbocycles. The molecule has 1 heterocycles. The van der Waals surface area contributed by atoms with Gasteiger partial charge < -0.3 is 19.3 Å². The van der Waals surface area contributed by atoms with Crippen LogP contribution < -0.4 is 9.47 Å². The molecule has 0 aromatic carbocycles. The lowest BCUT2D eigenvalue weighted by Gasteiger charge is -2.25. The van der Waals surface area contributed by atoms with Crippen LogP contribution in [0.15, 0.2) is 25.0 Å². The van der Waals surface area contributed by atoms with Crippen molar-refractivity contribution in [2.45, 2.75) is 18.9 Å². The summed E-state index contributed by atoms with van der Waals surface area (Å²) in [6.07, 6.45) is 5.24. The first-order valence-electron chi connectivity index (χ1n) is 7.52. The molecule has 0 aliphatic rings. The number of aromatic nitrogens is 2. The summed E-state index contributed by atoms with van der Waals surface area (Å²) in [5, 5.41) is 0. The van der Waals surface area contributed by atoms with Gasteiger partial charge in [0.2, 0.25) is 11.8 Å². The van der Waals surface area contributed by atoms with Crippen LogP contribution in [0, 0.1) is 0 Å². The van der Waals surface area contributed by atoms with E-state index in [9.17, 15) is 0 Å². The van der Waals surface area contributed by atoms with Crippen LogP contribution in [0.5, 0.6) is 11.8 Å². The Morgan fingerprint density at radius 1 is 1.23 bits per heavy atom. The van der Waals surface area contributed by atoms with E-state index in [4.69, 9.17) is 9.47 Å². The van der Waals surface area contributed by atoms with E-state index in [1.807, 2.05) is 6.08 Å². The highest BCUT2D eigenvalue weighted by Crippen LogP contribution is 2.16. The molecule has 1 rings (SSSR count). The molecule has 0 N–H and O–H groups in total. The molecule has 124 valence electrons. The summed E-state index contributed by atoms with van der Waals surface area (Å²) in [6, 6.07) is 1.71. The van der Waals surface area contributed by atoms with Gasteiger partial charge >= 0.3 is 0 Å². The second kappa shape index (κ2) is 10.1. The lowest BCUT2D eigenvalue weighted by atomic mass is 10.2. The first kappa shape index (κ1) is 18.4. The minimum atomic E-state index is 0.0600. The van der Waals surface area contributed by atoms with Gasteiger partial charge in [0.05, 0.1) is 13.2 Å². The van der Waals surface area contributed by atoms with Crippen LogP contribution in [0.2, 0.25) is 0 Å². The summed E-state index contributed by atoms with van der Waals surface area (Å²) < 4.78 is 11.1. The quantitative estimate of drug-likeness (QED) is 0.580. The minimum absolute atomic E-state index is 0.0600. The molecule has 0 radical (unpaired) electrons. The molecule has 0 saturated heterocycles. The third-order valence-electron chi connectivity index (χ3n) is 3.25. The van der Waals surface area contributed by atoms with E-state index < -0.39 is 0 Å². The maximum absolute atomic E-state index is 6.00. The van der Waals surface area contributed by atoms with Crippen LogP contribution in [-0.2, 0) is 0 Å². The van der Waals surface area contributed by atoms with Gasteiger partial charge in [-0.25, -0.2) is 9.97 Å². The number of rotatable bonds is 11. The average Bonchev–Trinajstić information content (AvgIpc) is 2.50. The Hall–Kier alpha value is -1.66. The van der Waals surface area contributed by atoms with Crippen LogP contribution in [0.4, 0.5) is 0 Å². The second-order valence-corrected chi connectivity index (χ2v) is 5.57. The fourth-order valence-corrected chi connectivity index (χ4v) is 1.97. The zero-order valence-corrected chi connectivity index (χ0v) is 14.2. The molecule has 0 amide bonds. The first-order valence-corrected chi connectivity index (χ1v) is 7.52. The van der Waals surface area contributed by atoms with Crippen molar-refractivity contribution in [1.82, 2.24) is 19.8 Å².